The highest BCUT2D eigenvalue weighted by atomic mass is 79.9. The number of rotatable bonds is 2. The molecule has 24 heavy (non-hydrogen) atoms. The van der Waals surface area contributed by atoms with E-state index in [1.807, 2.05) is 26.8 Å². The molecule has 1 atom stereocenters. The van der Waals surface area contributed by atoms with Gasteiger partial charge in [-0.1, -0.05) is 15.9 Å². The molecule has 2 heterocycles. The molecule has 0 aliphatic carbocycles. The van der Waals surface area contributed by atoms with Crippen molar-refractivity contribution in [3.8, 4) is 0 Å². The van der Waals surface area contributed by atoms with E-state index < -0.39 is 0 Å². The largest absolute Gasteiger partial charge is 0.369 e. The Balaban J connectivity index is 1.85. The minimum atomic E-state index is -0.384. The van der Waals surface area contributed by atoms with Crippen molar-refractivity contribution in [2.24, 2.45) is 0 Å². The average Bonchev–Trinajstić information content (AvgIpc) is 2.48. The normalized spacial score (nSPS) is 20.3. The van der Waals surface area contributed by atoms with Crippen molar-refractivity contribution in [1.29, 1.82) is 0 Å². The van der Waals surface area contributed by atoms with Crippen molar-refractivity contribution < 1.29 is 9.53 Å². The molecule has 0 spiro atoms. The van der Waals surface area contributed by atoms with Crippen molar-refractivity contribution in [2.75, 3.05) is 13.1 Å². The lowest BCUT2D eigenvalue weighted by Crippen LogP contribution is -2.54. The van der Waals surface area contributed by atoms with Gasteiger partial charge >= 0.3 is 0 Å². The summed E-state index contributed by atoms with van der Waals surface area (Å²) in [5, 5.41) is 0.496. The van der Waals surface area contributed by atoms with Crippen molar-refractivity contribution in [3.63, 3.8) is 0 Å². The fourth-order valence-electron chi connectivity index (χ4n) is 3.13. The van der Waals surface area contributed by atoms with Crippen LogP contribution in [0.1, 0.15) is 20.8 Å². The first-order valence-corrected chi connectivity index (χ1v) is 8.65. The van der Waals surface area contributed by atoms with Crippen LogP contribution in [0.25, 0.3) is 10.9 Å². The third kappa shape index (κ3) is 3.52. The lowest BCUT2D eigenvalue weighted by atomic mass is 10.1. The SMILES string of the molecule is CC1CN(C(=O)Cn2cnc3ccc(Br)cc3c2=O)CC(C)(C)O1. The van der Waals surface area contributed by atoms with E-state index in [0.29, 0.717) is 24.0 Å². The molecule has 7 heteroatoms. The van der Waals surface area contributed by atoms with Gasteiger partial charge in [0, 0.05) is 17.6 Å². The van der Waals surface area contributed by atoms with Crippen LogP contribution in [0.2, 0.25) is 0 Å². The van der Waals surface area contributed by atoms with Crippen LogP contribution in [0.4, 0.5) is 0 Å². The van der Waals surface area contributed by atoms with Gasteiger partial charge in [-0.25, -0.2) is 4.98 Å². The summed E-state index contributed by atoms with van der Waals surface area (Å²) in [6, 6.07) is 5.34. The molecular formula is C17H20BrN3O3. The van der Waals surface area contributed by atoms with E-state index >= 15 is 0 Å². The molecule has 0 N–H and O–H groups in total. The Bertz CT molecular complexity index is 847. The number of hydrogen-bond acceptors (Lipinski definition) is 4. The standard InChI is InChI=1S/C17H20BrN3O3/c1-11-7-20(9-17(2,3)24-11)15(22)8-21-10-19-14-5-4-12(18)6-13(14)16(21)23/h4-6,10-11H,7-9H2,1-3H3. The number of halogens is 1. The van der Waals surface area contributed by atoms with Gasteiger partial charge in [0.2, 0.25) is 5.91 Å². The van der Waals surface area contributed by atoms with Crippen LogP contribution < -0.4 is 5.56 Å². The maximum atomic E-state index is 12.6. The summed E-state index contributed by atoms with van der Waals surface area (Å²) in [5.41, 5.74) is 0.0216. The Morgan fingerprint density at radius 3 is 2.92 bits per heavy atom. The first-order valence-electron chi connectivity index (χ1n) is 7.85. The van der Waals surface area contributed by atoms with Gasteiger partial charge in [-0.3, -0.25) is 14.2 Å². The van der Waals surface area contributed by atoms with E-state index in [1.165, 1.54) is 10.9 Å². The lowest BCUT2D eigenvalue weighted by molar-refractivity contribution is -0.158. The number of morpholine rings is 1. The van der Waals surface area contributed by atoms with Crippen LogP contribution >= 0.6 is 15.9 Å². The average molecular weight is 394 g/mol. The molecule has 1 aromatic carbocycles. The number of amides is 1. The third-order valence-corrected chi connectivity index (χ3v) is 4.51. The Hall–Kier alpha value is -1.73. The zero-order chi connectivity index (χ0) is 17.5. The molecule has 1 unspecified atom stereocenters. The number of benzene rings is 1. The monoisotopic (exact) mass is 393 g/mol. The van der Waals surface area contributed by atoms with Crippen LogP contribution in [0.15, 0.2) is 33.8 Å². The van der Waals surface area contributed by atoms with E-state index in [0.717, 1.165) is 4.47 Å². The first kappa shape index (κ1) is 17.1. The summed E-state index contributed by atoms with van der Waals surface area (Å²) >= 11 is 3.36. The third-order valence-electron chi connectivity index (χ3n) is 4.01. The maximum absolute atomic E-state index is 12.6. The van der Waals surface area contributed by atoms with Gasteiger partial charge < -0.3 is 9.64 Å². The molecule has 128 valence electrons. The van der Waals surface area contributed by atoms with Gasteiger partial charge in [0.05, 0.1) is 28.9 Å². The number of fused-ring (bicyclic) bond motifs is 1. The number of carbonyl (C=O) groups excluding carboxylic acids is 1. The fourth-order valence-corrected chi connectivity index (χ4v) is 3.49. The molecule has 6 nitrogen and oxygen atoms in total. The van der Waals surface area contributed by atoms with E-state index in [1.54, 1.807) is 17.0 Å². The van der Waals surface area contributed by atoms with E-state index in [4.69, 9.17) is 4.74 Å². The van der Waals surface area contributed by atoms with E-state index in [9.17, 15) is 9.59 Å². The summed E-state index contributed by atoms with van der Waals surface area (Å²) in [6.45, 7) is 6.90. The zero-order valence-electron chi connectivity index (χ0n) is 14.0. The molecule has 1 amide bonds. The topological polar surface area (TPSA) is 64.4 Å². The van der Waals surface area contributed by atoms with Gasteiger partial charge in [-0.05, 0) is 39.0 Å². The molecule has 0 radical (unpaired) electrons. The summed E-state index contributed by atoms with van der Waals surface area (Å²) in [4.78, 5) is 31.3. The quantitative estimate of drug-likeness (QED) is 0.784. The molecule has 0 bridgehead atoms. The van der Waals surface area contributed by atoms with Gasteiger partial charge in [-0.2, -0.15) is 0 Å². The molecule has 0 saturated carbocycles. The Kier molecular flexibility index (Phi) is 4.48. The zero-order valence-corrected chi connectivity index (χ0v) is 15.5. The lowest BCUT2D eigenvalue weighted by Gasteiger charge is -2.41. The molecule has 1 aromatic heterocycles. The van der Waals surface area contributed by atoms with Crippen molar-refractivity contribution in [2.45, 2.75) is 39.0 Å². The fraction of sp³-hybridized carbons (Fsp3) is 0.471. The number of ether oxygens (including phenoxy) is 1. The minimum Gasteiger partial charge on any atom is -0.369 e. The molecule has 1 aliphatic heterocycles. The molecule has 1 aliphatic rings. The Morgan fingerprint density at radius 2 is 2.21 bits per heavy atom. The highest BCUT2D eigenvalue weighted by Gasteiger charge is 2.33. The number of hydrogen-bond donors (Lipinski definition) is 0. The van der Waals surface area contributed by atoms with Crippen LogP contribution in [-0.2, 0) is 16.1 Å². The van der Waals surface area contributed by atoms with Crippen molar-refractivity contribution in [3.05, 3.63) is 39.4 Å². The minimum absolute atomic E-state index is 0.0168. The highest BCUT2D eigenvalue weighted by molar-refractivity contribution is 9.10. The van der Waals surface area contributed by atoms with Crippen LogP contribution in [0.5, 0.6) is 0 Å². The summed E-state index contributed by atoms with van der Waals surface area (Å²) in [5.74, 6) is -0.100. The van der Waals surface area contributed by atoms with Gasteiger partial charge in [0.25, 0.3) is 5.56 Å². The predicted octanol–water partition coefficient (Wildman–Crippen LogP) is 2.18. The van der Waals surface area contributed by atoms with Crippen LogP contribution in [0.3, 0.4) is 0 Å². The summed E-state index contributed by atoms with van der Waals surface area (Å²) < 4.78 is 7.99. The van der Waals surface area contributed by atoms with Crippen LogP contribution in [0, 0.1) is 0 Å². The Labute approximate surface area is 148 Å². The number of aromatic nitrogens is 2. The van der Waals surface area contributed by atoms with Crippen molar-refractivity contribution in [1.82, 2.24) is 14.5 Å². The molecule has 2 aromatic rings. The number of carbonyl (C=O) groups is 1. The van der Waals surface area contributed by atoms with Gasteiger partial charge in [-0.15, -0.1) is 0 Å². The van der Waals surface area contributed by atoms with Crippen molar-refractivity contribution >= 4 is 32.7 Å². The predicted molar refractivity (Wildman–Crippen MR) is 94.9 cm³/mol. The van der Waals surface area contributed by atoms with Gasteiger partial charge in [0.15, 0.2) is 0 Å². The molecule has 1 saturated heterocycles. The summed E-state index contributed by atoms with van der Waals surface area (Å²) in [6.07, 6.45) is 1.41. The second kappa shape index (κ2) is 6.29. The van der Waals surface area contributed by atoms with Crippen LogP contribution in [-0.4, -0.2) is 45.2 Å². The second-order valence-electron chi connectivity index (χ2n) is 6.80. The van der Waals surface area contributed by atoms with E-state index in [-0.39, 0.29) is 29.7 Å². The molecule has 1 fully saturated rings. The summed E-state index contributed by atoms with van der Waals surface area (Å²) in [7, 11) is 0. The van der Waals surface area contributed by atoms with Gasteiger partial charge in [0.1, 0.15) is 6.54 Å². The molecule has 3 rings (SSSR count). The Morgan fingerprint density at radius 1 is 1.46 bits per heavy atom. The second-order valence-corrected chi connectivity index (χ2v) is 7.72. The first-order chi connectivity index (χ1) is 11.2. The number of nitrogens with zero attached hydrogens (tertiary/aromatic N) is 3. The molecular weight excluding hydrogens is 374 g/mol. The smallest absolute Gasteiger partial charge is 0.261 e. The maximum Gasteiger partial charge on any atom is 0.261 e. The highest BCUT2D eigenvalue weighted by Crippen LogP contribution is 2.21. The van der Waals surface area contributed by atoms with E-state index in [2.05, 4.69) is 20.9 Å².